The second-order valence-electron chi connectivity index (χ2n) is 7.95. The maximum absolute atomic E-state index is 13.7. The minimum absolute atomic E-state index is 0.0136. The molecule has 6 nitrogen and oxygen atoms in total. The SMILES string of the molecule is COc1ccc2nc(NC(=O)C(=CC3C[C@@H](F)[C@@H](F)C3)c3ccc(S(C)(=O)=O)cc3)sc2c1. The molecule has 0 aliphatic heterocycles. The number of fused-ring (bicyclic) bond motifs is 1. The number of nitrogens with one attached hydrogen (secondary N) is 1. The molecule has 0 spiro atoms. The number of halogens is 2. The number of benzene rings is 2. The zero-order valence-corrected chi connectivity index (χ0v) is 19.6. The number of hydrogen-bond donors (Lipinski definition) is 1. The highest BCUT2D eigenvalue weighted by molar-refractivity contribution is 7.90. The molecule has 3 atom stereocenters. The van der Waals surface area contributed by atoms with Gasteiger partial charge in [0.25, 0.3) is 5.91 Å². The van der Waals surface area contributed by atoms with Crippen molar-refractivity contribution in [3.8, 4) is 5.75 Å². The lowest BCUT2D eigenvalue weighted by Crippen LogP contribution is -2.14. The van der Waals surface area contributed by atoms with Crippen LogP contribution >= 0.6 is 11.3 Å². The van der Waals surface area contributed by atoms with Gasteiger partial charge in [-0.1, -0.05) is 29.5 Å². The molecule has 1 amide bonds. The van der Waals surface area contributed by atoms with E-state index in [2.05, 4.69) is 10.3 Å². The lowest BCUT2D eigenvalue weighted by molar-refractivity contribution is -0.111. The summed E-state index contributed by atoms with van der Waals surface area (Å²) in [5, 5.41) is 3.12. The molecular formula is C23H22F2N2O4S2. The molecule has 174 valence electrons. The minimum Gasteiger partial charge on any atom is -0.497 e. The molecule has 1 fully saturated rings. The van der Waals surface area contributed by atoms with E-state index in [4.69, 9.17) is 4.74 Å². The third-order valence-corrected chi connectivity index (χ3v) is 7.57. The highest BCUT2D eigenvalue weighted by Gasteiger charge is 2.34. The molecule has 1 aliphatic rings. The first kappa shape index (κ1) is 23.3. The van der Waals surface area contributed by atoms with Crippen molar-refractivity contribution in [2.24, 2.45) is 5.92 Å². The van der Waals surface area contributed by atoms with Crippen LogP contribution in [-0.2, 0) is 14.6 Å². The van der Waals surface area contributed by atoms with E-state index in [1.165, 1.54) is 35.6 Å². The van der Waals surface area contributed by atoms with Gasteiger partial charge < -0.3 is 4.74 Å². The van der Waals surface area contributed by atoms with Crippen LogP contribution in [0.4, 0.5) is 13.9 Å². The Morgan fingerprint density at radius 1 is 1.15 bits per heavy atom. The Bertz CT molecular complexity index is 1310. The summed E-state index contributed by atoms with van der Waals surface area (Å²) in [7, 11) is -1.85. The van der Waals surface area contributed by atoms with Gasteiger partial charge in [0.05, 0.1) is 22.2 Å². The molecule has 33 heavy (non-hydrogen) atoms. The van der Waals surface area contributed by atoms with Crippen molar-refractivity contribution < 1.29 is 26.7 Å². The van der Waals surface area contributed by atoms with Crippen molar-refractivity contribution in [2.75, 3.05) is 18.7 Å². The number of amides is 1. The number of nitrogens with zero attached hydrogens (tertiary/aromatic N) is 1. The van der Waals surface area contributed by atoms with Gasteiger partial charge in [-0.3, -0.25) is 10.1 Å². The number of hydrogen-bond acceptors (Lipinski definition) is 6. The zero-order valence-electron chi connectivity index (χ0n) is 17.9. The van der Waals surface area contributed by atoms with E-state index in [0.29, 0.717) is 22.0 Å². The highest BCUT2D eigenvalue weighted by atomic mass is 32.2. The van der Waals surface area contributed by atoms with Gasteiger partial charge in [-0.15, -0.1) is 0 Å². The fourth-order valence-electron chi connectivity index (χ4n) is 3.78. The lowest BCUT2D eigenvalue weighted by Gasteiger charge is -2.11. The third-order valence-electron chi connectivity index (χ3n) is 5.50. The summed E-state index contributed by atoms with van der Waals surface area (Å²) in [6.45, 7) is 0. The van der Waals surface area contributed by atoms with Crippen molar-refractivity contribution in [2.45, 2.75) is 30.1 Å². The molecule has 1 N–H and O–H groups in total. The van der Waals surface area contributed by atoms with Crippen LogP contribution in [0.2, 0.25) is 0 Å². The van der Waals surface area contributed by atoms with Gasteiger partial charge in [0.1, 0.15) is 18.1 Å². The fourth-order valence-corrected chi connectivity index (χ4v) is 5.30. The monoisotopic (exact) mass is 492 g/mol. The number of carbonyl (C=O) groups excluding carboxylic acids is 1. The largest absolute Gasteiger partial charge is 0.497 e. The molecule has 10 heteroatoms. The Hall–Kier alpha value is -2.85. The summed E-state index contributed by atoms with van der Waals surface area (Å²) < 4.78 is 57.1. The van der Waals surface area contributed by atoms with Crippen LogP contribution in [0, 0.1) is 5.92 Å². The standard InChI is InChI=1S/C23H22F2N2O4S2/c1-31-15-5-8-20-21(12-15)32-23(26-20)27-22(28)17(9-13-10-18(24)19(25)11-13)14-3-6-16(7-4-14)33(2,29)30/h3-9,12-13,18-19H,10-11H2,1-2H3,(H,26,27,28)/t13?,18-,19+. The minimum atomic E-state index is -3.41. The summed E-state index contributed by atoms with van der Waals surface area (Å²) in [4.78, 5) is 17.7. The normalized spacial score (nSPS) is 21.3. The number of thiazole rings is 1. The zero-order chi connectivity index (χ0) is 23.8. The number of alkyl halides is 2. The number of carbonyl (C=O) groups is 1. The number of aromatic nitrogens is 1. The smallest absolute Gasteiger partial charge is 0.257 e. The summed E-state index contributed by atoms with van der Waals surface area (Å²) >= 11 is 1.27. The number of sulfone groups is 1. The molecule has 1 saturated carbocycles. The number of allylic oxidation sites excluding steroid dienone is 1. The first-order chi connectivity index (χ1) is 15.6. The average molecular weight is 493 g/mol. The first-order valence-corrected chi connectivity index (χ1v) is 12.9. The first-order valence-electron chi connectivity index (χ1n) is 10.2. The molecule has 4 rings (SSSR count). The fraction of sp³-hybridized carbons (Fsp3) is 0.304. The Morgan fingerprint density at radius 2 is 1.82 bits per heavy atom. The van der Waals surface area contributed by atoms with Gasteiger partial charge in [-0.2, -0.15) is 0 Å². The maximum atomic E-state index is 13.7. The molecule has 0 saturated heterocycles. The van der Waals surface area contributed by atoms with E-state index in [-0.39, 0.29) is 23.3 Å². The van der Waals surface area contributed by atoms with E-state index in [1.807, 2.05) is 6.07 Å². The van der Waals surface area contributed by atoms with Gasteiger partial charge >= 0.3 is 0 Å². The van der Waals surface area contributed by atoms with Crippen LogP contribution in [0.1, 0.15) is 18.4 Å². The van der Waals surface area contributed by atoms with Gasteiger partial charge in [0, 0.05) is 11.8 Å². The lowest BCUT2D eigenvalue weighted by atomic mass is 9.98. The van der Waals surface area contributed by atoms with E-state index >= 15 is 0 Å². The molecule has 0 bridgehead atoms. The molecular weight excluding hydrogens is 470 g/mol. The van der Waals surface area contributed by atoms with E-state index in [9.17, 15) is 22.0 Å². The Labute approximate surface area is 194 Å². The average Bonchev–Trinajstić information content (AvgIpc) is 3.32. The van der Waals surface area contributed by atoms with Gasteiger partial charge in [0.15, 0.2) is 15.0 Å². The number of rotatable bonds is 6. The summed E-state index contributed by atoms with van der Waals surface area (Å²) in [5.74, 6) is -0.283. The van der Waals surface area contributed by atoms with Crippen LogP contribution in [0.3, 0.4) is 0 Å². The van der Waals surface area contributed by atoms with Crippen LogP contribution < -0.4 is 10.1 Å². The molecule has 0 radical (unpaired) electrons. The molecule has 1 unspecified atom stereocenters. The second-order valence-corrected chi connectivity index (χ2v) is 11.0. The molecule has 1 aromatic heterocycles. The predicted octanol–water partition coefficient (Wildman–Crippen LogP) is 4.82. The van der Waals surface area contributed by atoms with Crippen LogP contribution in [0.5, 0.6) is 5.75 Å². The third kappa shape index (κ3) is 5.22. The van der Waals surface area contributed by atoms with Gasteiger partial charge in [0.2, 0.25) is 0 Å². The molecule has 1 aliphatic carbocycles. The summed E-state index contributed by atoms with van der Waals surface area (Å²) in [6.07, 6.45) is -0.507. The number of methoxy groups -OCH3 is 1. The van der Waals surface area contributed by atoms with Crippen molar-refractivity contribution in [1.82, 2.24) is 4.98 Å². The van der Waals surface area contributed by atoms with E-state index < -0.39 is 34.0 Å². The van der Waals surface area contributed by atoms with Gasteiger partial charge in [-0.05, 0) is 54.7 Å². The van der Waals surface area contributed by atoms with Crippen molar-refractivity contribution in [1.29, 1.82) is 0 Å². The Morgan fingerprint density at radius 3 is 2.42 bits per heavy atom. The highest BCUT2D eigenvalue weighted by Crippen LogP contribution is 2.35. The van der Waals surface area contributed by atoms with E-state index in [1.54, 1.807) is 25.3 Å². The topological polar surface area (TPSA) is 85.4 Å². The van der Waals surface area contributed by atoms with Crippen molar-refractivity contribution in [3.05, 3.63) is 54.1 Å². The van der Waals surface area contributed by atoms with Crippen molar-refractivity contribution >= 4 is 48.0 Å². The molecule has 2 aromatic carbocycles. The maximum Gasteiger partial charge on any atom is 0.257 e. The predicted molar refractivity (Wildman–Crippen MR) is 125 cm³/mol. The number of anilines is 1. The number of ether oxygens (including phenoxy) is 1. The van der Waals surface area contributed by atoms with Crippen molar-refractivity contribution in [3.63, 3.8) is 0 Å². The molecule has 3 aromatic rings. The van der Waals surface area contributed by atoms with Crippen LogP contribution in [0.15, 0.2) is 53.4 Å². The summed E-state index contributed by atoms with van der Waals surface area (Å²) in [5.41, 5.74) is 1.34. The van der Waals surface area contributed by atoms with E-state index in [0.717, 1.165) is 11.0 Å². The Kier molecular flexibility index (Phi) is 6.49. The summed E-state index contributed by atoms with van der Waals surface area (Å²) in [6, 6.07) is 11.2. The quantitative estimate of drug-likeness (QED) is 0.499. The molecule has 1 heterocycles. The van der Waals surface area contributed by atoms with Crippen LogP contribution in [0.25, 0.3) is 15.8 Å². The second kappa shape index (κ2) is 9.18. The van der Waals surface area contributed by atoms with Gasteiger partial charge in [-0.25, -0.2) is 22.2 Å². The Balaban J connectivity index is 1.66. The van der Waals surface area contributed by atoms with Crippen LogP contribution in [-0.4, -0.2) is 45.0 Å².